The molecule has 2 unspecified atom stereocenters. The van der Waals surface area contributed by atoms with Crippen molar-refractivity contribution in [1.29, 1.82) is 0 Å². The maximum absolute atomic E-state index is 12.5. The number of fused-ring (bicyclic) bond motifs is 1. The first-order valence-corrected chi connectivity index (χ1v) is 7.31. The molecule has 1 saturated heterocycles. The Kier molecular flexibility index (Phi) is 3.52. The molecule has 1 aromatic rings. The number of rotatable bonds is 1. The molecular formula is C17H18N2O2. The number of hydrogen-bond donors (Lipinski definition) is 1. The average Bonchev–Trinajstić information content (AvgIpc) is 3.03. The normalized spacial score (nSPS) is 24.0. The Balaban J connectivity index is 1.94. The van der Waals surface area contributed by atoms with Gasteiger partial charge in [0.15, 0.2) is 0 Å². The van der Waals surface area contributed by atoms with E-state index in [1.165, 1.54) is 4.90 Å². The van der Waals surface area contributed by atoms with Gasteiger partial charge in [0.2, 0.25) is 11.8 Å². The molecule has 2 amide bonds. The van der Waals surface area contributed by atoms with Crippen LogP contribution in [0.5, 0.6) is 0 Å². The van der Waals surface area contributed by atoms with Crippen LogP contribution in [0.2, 0.25) is 0 Å². The van der Waals surface area contributed by atoms with Gasteiger partial charge in [-0.15, -0.1) is 0 Å². The summed E-state index contributed by atoms with van der Waals surface area (Å²) in [5.74, 6) is 5.49. The molecule has 3 rings (SSSR count). The van der Waals surface area contributed by atoms with E-state index in [1.807, 2.05) is 25.1 Å². The van der Waals surface area contributed by atoms with E-state index in [4.69, 9.17) is 5.73 Å². The lowest BCUT2D eigenvalue weighted by molar-refractivity contribution is -0.122. The first-order valence-electron chi connectivity index (χ1n) is 7.31. The van der Waals surface area contributed by atoms with Crippen LogP contribution in [0.3, 0.4) is 0 Å². The van der Waals surface area contributed by atoms with Crippen molar-refractivity contribution < 1.29 is 9.59 Å². The highest BCUT2D eigenvalue weighted by atomic mass is 16.2. The van der Waals surface area contributed by atoms with Gasteiger partial charge in [0.05, 0.1) is 24.1 Å². The summed E-state index contributed by atoms with van der Waals surface area (Å²) in [6.07, 6.45) is 2.66. The molecule has 2 atom stereocenters. The van der Waals surface area contributed by atoms with E-state index in [-0.39, 0.29) is 23.7 Å². The van der Waals surface area contributed by atoms with Crippen molar-refractivity contribution in [3.63, 3.8) is 0 Å². The van der Waals surface area contributed by atoms with Crippen molar-refractivity contribution >= 4 is 17.5 Å². The SMILES string of the molecule is Cc1cc(C#CCN)ccc1N1C(=O)C2CCCC2C1=O. The molecule has 0 aromatic heterocycles. The third kappa shape index (κ3) is 2.24. The quantitative estimate of drug-likeness (QED) is 0.628. The zero-order valence-corrected chi connectivity index (χ0v) is 12.1. The highest BCUT2D eigenvalue weighted by molar-refractivity contribution is 6.22. The van der Waals surface area contributed by atoms with E-state index >= 15 is 0 Å². The molecule has 4 nitrogen and oxygen atoms in total. The van der Waals surface area contributed by atoms with E-state index in [2.05, 4.69) is 11.8 Å². The van der Waals surface area contributed by atoms with E-state index in [0.717, 1.165) is 30.4 Å². The Morgan fingerprint density at radius 1 is 1.24 bits per heavy atom. The van der Waals surface area contributed by atoms with Gasteiger partial charge in [0, 0.05) is 5.56 Å². The van der Waals surface area contributed by atoms with E-state index in [0.29, 0.717) is 12.2 Å². The molecule has 1 aliphatic carbocycles. The van der Waals surface area contributed by atoms with E-state index in [1.54, 1.807) is 0 Å². The average molecular weight is 282 g/mol. The summed E-state index contributed by atoms with van der Waals surface area (Å²) < 4.78 is 0. The predicted molar refractivity (Wildman–Crippen MR) is 80.4 cm³/mol. The van der Waals surface area contributed by atoms with Crippen LogP contribution in [-0.4, -0.2) is 18.4 Å². The van der Waals surface area contributed by atoms with Crippen LogP contribution >= 0.6 is 0 Å². The Bertz CT molecular complexity index is 647. The molecule has 1 saturated carbocycles. The number of nitrogens with two attached hydrogens (primary N) is 1. The van der Waals surface area contributed by atoms with Gasteiger partial charge in [-0.1, -0.05) is 18.3 Å². The van der Waals surface area contributed by atoms with Gasteiger partial charge < -0.3 is 5.73 Å². The highest BCUT2D eigenvalue weighted by Crippen LogP contribution is 2.42. The smallest absolute Gasteiger partial charge is 0.237 e. The van der Waals surface area contributed by atoms with Gasteiger partial charge >= 0.3 is 0 Å². The number of nitrogens with zero attached hydrogens (tertiary/aromatic N) is 1. The fourth-order valence-electron chi connectivity index (χ4n) is 3.37. The molecule has 0 radical (unpaired) electrons. The number of aryl methyl sites for hydroxylation is 1. The lowest BCUT2D eigenvalue weighted by atomic mass is 10.00. The molecule has 0 bridgehead atoms. The van der Waals surface area contributed by atoms with Gasteiger partial charge in [-0.2, -0.15) is 0 Å². The van der Waals surface area contributed by atoms with Gasteiger partial charge in [-0.3, -0.25) is 9.59 Å². The summed E-state index contributed by atoms with van der Waals surface area (Å²) in [6, 6.07) is 5.54. The zero-order valence-electron chi connectivity index (χ0n) is 12.1. The molecule has 4 heteroatoms. The monoisotopic (exact) mass is 282 g/mol. The zero-order chi connectivity index (χ0) is 15.0. The van der Waals surface area contributed by atoms with Crippen molar-refractivity contribution in [1.82, 2.24) is 0 Å². The predicted octanol–water partition coefficient (Wildman–Crippen LogP) is 1.59. The van der Waals surface area contributed by atoms with Gasteiger partial charge in [-0.05, 0) is 43.5 Å². The number of carbonyl (C=O) groups is 2. The molecule has 2 fully saturated rings. The molecule has 108 valence electrons. The number of anilines is 1. The van der Waals surface area contributed by atoms with Crippen LogP contribution in [0.1, 0.15) is 30.4 Å². The fraction of sp³-hybridized carbons (Fsp3) is 0.412. The second kappa shape index (κ2) is 5.34. The van der Waals surface area contributed by atoms with Crippen LogP contribution in [0, 0.1) is 30.6 Å². The van der Waals surface area contributed by atoms with Crippen LogP contribution in [0.4, 0.5) is 5.69 Å². The first kappa shape index (κ1) is 13.8. The Hall–Kier alpha value is -2.12. The molecule has 21 heavy (non-hydrogen) atoms. The second-order valence-corrected chi connectivity index (χ2v) is 5.66. The summed E-state index contributed by atoms with van der Waals surface area (Å²) in [5, 5.41) is 0. The summed E-state index contributed by atoms with van der Waals surface area (Å²) >= 11 is 0. The minimum absolute atomic E-state index is 0.0357. The maximum Gasteiger partial charge on any atom is 0.237 e. The van der Waals surface area contributed by atoms with Crippen LogP contribution in [0.15, 0.2) is 18.2 Å². The van der Waals surface area contributed by atoms with Crippen molar-refractivity contribution in [3.05, 3.63) is 29.3 Å². The summed E-state index contributed by atoms with van der Waals surface area (Å²) in [6.45, 7) is 2.21. The lowest BCUT2D eigenvalue weighted by Crippen LogP contribution is -2.32. The lowest BCUT2D eigenvalue weighted by Gasteiger charge is -2.18. The van der Waals surface area contributed by atoms with Crippen molar-refractivity contribution in [2.45, 2.75) is 26.2 Å². The number of imide groups is 1. The fourth-order valence-corrected chi connectivity index (χ4v) is 3.37. The van der Waals surface area contributed by atoms with Gasteiger partial charge in [0.1, 0.15) is 0 Å². The first-order chi connectivity index (χ1) is 10.1. The van der Waals surface area contributed by atoms with Crippen molar-refractivity contribution in [2.24, 2.45) is 17.6 Å². The van der Waals surface area contributed by atoms with Crippen LogP contribution < -0.4 is 10.6 Å². The molecule has 2 N–H and O–H groups in total. The summed E-state index contributed by atoms with van der Waals surface area (Å²) in [4.78, 5) is 26.3. The van der Waals surface area contributed by atoms with E-state index in [9.17, 15) is 9.59 Å². The van der Waals surface area contributed by atoms with Gasteiger partial charge in [0.25, 0.3) is 0 Å². The molecule has 1 aromatic carbocycles. The third-order valence-electron chi connectivity index (χ3n) is 4.36. The Labute approximate surface area is 124 Å². The van der Waals surface area contributed by atoms with Crippen LogP contribution in [0.25, 0.3) is 0 Å². The Morgan fingerprint density at radius 3 is 2.48 bits per heavy atom. The topological polar surface area (TPSA) is 63.4 Å². The Morgan fingerprint density at radius 2 is 1.90 bits per heavy atom. The summed E-state index contributed by atoms with van der Waals surface area (Å²) in [7, 11) is 0. The van der Waals surface area contributed by atoms with Crippen molar-refractivity contribution in [3.8, 4) is 11.8 Å². The van der Waals surface area contributed by atoms with Crippen LogP contribution in [-0.2, 0) is 9.59 Å². The minimum atomic E-state index is -0.103. The highest BCUT2D eigenvalue weighted by Gasteiger charge is 2.50. The van der Waals surface area contributed by atoms with Crippen molar-refractivity contribution in [2.75, 3.05) is 11.4 Å². The second-order valence-electron chi connectivity index (χ2n) is 5.66. The van der Waals surface area contributed by atoms with Gasteiger partial charge in [-0.25, -0.2) is 4.90 Å². The molecule has 2 aliphatic rings. The number of benzene rings is 1. The standard InChI is InChI=1S/C17H18N2O2/c1-11-10-12(4-3-9-18)7-8-15(11)19-16(20)13-5-2-6-14(13)17(19)21/h7-8,10,13-14H,2,5-6,9,18H2,1H3. The number of amides is 2. The molecule has 1 aliphatic heterocycles. The molecule has 0 spiro atoms. The minimum Gasteiger partial charge on any atom is -0.320 e. The number of hydrogen-bond acceptors (Lipinski definition) is 3. The maximum atomic E-state index is 12.5. The largest absolute Gasteiger partial charge is 0.320 e. The molecule has 1 heterocycles. The molecular weight excluding hydrogens is 264 g/mol. The third-order valence-corrected chi connectivity index (χ3v) is 4.36. The number of carbonyl (C=O) groups excluding carboxylic acids is 2. The van der Waals surface area contributed by atoms with E-state index < -0.39 is 0 Å². The summed E-state index contributed by atoms with van der Waals surface area (Å²) in [5.41, 5.74) is 7.79.